The fourth-order valence-corrected chi connectivity index (χ4v) is 1.74. The Morgan fingerprint density at radius 3 is 2.67 bits per heavy atom. The maximum absolute atomic E-state index is 10.7. The Balaban J connectivity index is 1.86. The molecule has 0 spiro atoms. The molecule has 2 rings (SSSR count). The molecule has 0 radical (unpaired) electrons. The lowest BCUT2D eigenvalue weighted by Gasteiger charge is -2.27. The van der Waals surface area contributed by atoms with Gasteiger partial charge in [-0.15, -0.1) is 5.12 Å². The van der Waals surface area contributed by atoms with Gasteiger partial charge in [0.2, 0.25) is 0 Å². The van der Waals surface area contributed by atoms with Crippen LogP contribution in [0.15, 0.2) is 0 Å². The van der Waals surface area contributed by atoms with Crippen molar-refractivity contribution >= 4 is 6.09 Å². The van der Waals surface area contributed by atoms with E-state index in [1.54, 1.807) is 5.12 Å². The number of carbonyl (C=O) groups excluding carboxylic acids is 1. The van der Waals surface area contributed by atoms with Crippen LogP contribution >= 0.6 is 0 Å². The molecule has 1 aliphatic carbocycles. The van der Waals surface area contributed by atoms with Gasteiger partial charge in [0.05, 0.1) is 0 Å². The molecular formula is C7H13N3O2. The number of rotatable bonds is 1. The lowest BCUT2D eigenvalue weighted by molar-refractivity contribution is -0.0154. The average Bonchev–Trinajstić information content (AvgIpc) is 2.54. The highest BCUT2D eigenvalue weighted by molar-refractivity contribution is 5.67. The van der Waals surface area contributed by atoms with Gasteiger partial charge in [-0.3, -0.25) is 0 Å². The smallest absolute Gasteiger partial charge is 0.336 e. The van der Waals surface area contributed by atoms with Crippen LogP contribution in [0.3, 0.4) is 0 Å². The molecule has 1 saturated carbocycles. The first-order valence-electron chi connectivity index (χ1n) is 4.38. The van der Waals surface area contributed by atoms with Crippen LogP contribution in [0.5, 0.6) is 0 Å². The molecule has 1 aliphatic heterocycles. The Kier molecular flexibility index (Phi) is 2.14. The first kappa shape index (κ1) is 7.82. The summed E-state index contributed by atoms with van der Waals surface area (Å²) in [5, 5.41) is 1.67. The Morgan fingerprint density at radius 2 is 2.08 bits per heavy atom. The van der Waals surface area contributed by atoms with Crippen LogP contribution < -0.4 is 11.0 Å². The summed E-state index contributed by atoms with van der Waals surface area (Å²) in [4.78, 5) is 15.2. The van der Waals surface area contributed by atoms with Crippen LogP contribution in [0.2, 0.25) is 0 Å². The molecule has 68 valence electrons. The van der Waals surface area contributed by atoms with Gasteiger partial charge in [-0.2, -0.15) is 0 Å². The largest absolute Gasteiger partial charge is 0.443 e. The quantitative estimate of drug-likeness (QED) is 0.609. The van der Waals surface area contributed by atoms with Crippen molar-refractivity contribution in [3.8, 4) is 0 Å². The number of carbonyl (C=O) groups is 1. The van der Waals surface area contributed by atoms with E-state index in [1.807, 2.05) is 0 Å². The van der Waals surface area contributed by atoms with Crippen molar-refractivity contribution in [2.75, 3.05) is 0 Å². The van der Waals surface area contributed by atoms with E-state index in [0.717, 1.165) is 12.8 Å². The van der Waals surface area contributed by atoms with Gasteiger partial charge in [-0.25, -0.2) is 10.2 Å². The molecule has 2 N–H and O–H groups in total. The molecule has 1 heterocycles. The second kappa shape index (κ2) is 3.28. The highest BCUT2D eigenvalue weighted by Crippen LogP contribution is 2.21. The summed E-state index contributed by atoms with van der Waals surface area (Å²) in [5.41, 5.74) is 5.13. The maximum Gasteiger partial charge on any atom is 0.443 e. The molecule has 2 fully saturated rings. The van der Waals surface area contributed by atoms with Gasteiger partial charge in [0.1, 0.15) is 0 Å². The van der Waals surface area contributed by atoms with Crippen molar-refractivity contribution in [2.45, 2.75) is 38.1 Å². The third-order valence-electron chi connectivity index (χ3n) is 2.39. The van der Waals surface area contributed by atoms with Gasteiger partial charge >= 0.3 is 6.09 Å². The lowest BCUT2D eigenvalue weighted by Crippen LogP contribution is -2.47. The van der Waals surface area contributed by atoms with E-state index in [-0.39, 0.29) is 0 Å². The Morgan fingerprint density at radius 1 is 1.33 bits per heavy atom. The monoisotopic (exact) mass is 171 g/mol. The SMILES string of the molecule is O=C1NN(C2CCCCC2)NO1. The van der Waals surface area contributed by atoms with Crippen molar-refractivity contribution in [3.63, 3.8) is 0 Å². The van der Waals surface area contributed by atoms with Gasteiger partial charge in [0.25, 0.3) is 0 Å². The Hall–Kier alpha value is -0.810. The van der Waals surface area contributed by atoms with Crippen molar-refractivity contribution in [3.05, 3.63) is 0 Å². The third-order valence-corrected chi connectivity index (χ3v) is 2.39. The maximum atomic E-state index is 10.7. The minimum absolute atomic E-state index is 0.394. The third kappa shape index (κ3) is 1.51. The van der Waals surface area contributed by atoms with Gasteiger partial charge in [-0.1, -0.05) is 24.9 Å². The van der Waals surface area contributed by atoms with Crippen LogP contribution in [0.4, 0.5) is 4.79 Å². The van der Waals surface area contributed by atoms with E-state index < -0.39 is 6.09 Å². The van der Waals surface area contributed by atoms with E-state index in [0.29, 0.717) is 6.04 Å². The minimum atomic E-state index is -0.416. The number of nitrogens with one attached hydrogen (secondary N) is 2. The van der Waals surface area contributed by atoms with E-state index in [9.17, 15) is 4.79 Å². The molecule has 0 aromatic rings. The fourth-order valence-electron chi connectivity index (χ4n) is 1.74. The molecule has 1 amide bonds. The normalized spacial score (nSPS) is 26.8. The average molecular weight is 171 g/mol. The molecular weight excluding hydrogens is 158 g/mol. The summed E-state index contributed by atoms with van der Waals surface area (Å²) in [6.07, 6.45) is 5.60. The summed E-state index contributed by atoms with van der Waals surface area (Å²) in [6, 6.07) is 0.394. The van der Waals surface area contributed by atoms with E-state index in [1.165, 1.54) is 19.3 Å². The van der Waals surface area contributed by atoms with Crippen LogP contribution in [-0.4, -0.2) is 17.3 Å². The first-order chi connectivity index (χ1) is 5.86. The molecule has 5 heteroatoms. The Labute approximate surface area is 70.9 Å². The standard InChI is InChI=1S/C7H13N3O2/c11-7-8-10(9-12-7)6-4-2-1-3-5-6/h6,9H,1-5H2,(H,8,11). The van der Waals surface area contributed by atoms with Gasteiger partial charge in [0.15, 0.2) is 0 Å². The van der Waals surface area contributed by atoms with E-state index >= 15 is 0 Å². The van der Waals surface area contributed by atoms with Crippen molar-refractivity contribution in [2.24, 2.45) is 0 Å². The van der Waals surface area contributed by atoms with E-state index in [2.05, 4.69) is 15.9 Å². The molecule has 0 aromatic heterocycles. The predicted molar refractivity (Wildman–Crippen MR) is 41.5 cm³/mol. The van der Waals surface area contributed by atoms with Gasteiger partial charge in [0, 0.05) is 6.04 Å². The highest BCUT2D eigenvalue weighted by Gasteiger charge is 2.28. The van der Waals surface area contributed by atoms with Crippen molar-refractivity contribution in [1.29, 1.82) is 0 Å². The zero-order chi connectivity index (χ0) is 8.39. The number of hydrazine groups is 2. The fraction of sp³-hybridized carbons (Fsp3) is 0.857. The molecule has 2 aliphatic rings. The zero-order valence-electron chi connectivity index (χ0n) is 6.88. The molecule has 0 bridgehead atoms. The summed E-state index contributed by atoms with van der Waals surface area (Å²) in [5.74, 6) is 0. The number of amides is 1. The van der Waals surface area contributed by atoms with Crippen LogP contribution in [-0.2, 0) is 4.84 Å². The molecule has 1 saturated heterocycles. The van der Waals surface area contributed by atoms with Gasteiger partial charge < -0.3 is 4.84 Å². The first-order valence-corrected chi connectivity index (χ1v) is 4.38. The second-order valence-electron chi connectivity index (χ2n) is 3.25. The van der Waals surface area contributed by atoms with Crippen LogP contribution in [0, 0.1) is 0 Å². The molecule has 12 heavy (non-hydrogen) atoms. The predicted octanol–water partition coefficient (Wildman–Crippen LogP) is 0.695. The molecule has 0 unspecified atom stereocenters. The van der Waals surface area contributed by atoms with Gasteiger partial charge in [-0.05, 0) is 12.8 Å². The van der Waals surface area contributed by atoms with Crippen LogP contribution in [0.1, 0.15) is 32.1 Å². The number of hydrogen-bond donors (Lipinski definition) is 2. The second-order valence-corrected chi connectivity index (χ2v) is 3.25. The van der Waals surface area contributed by atoms with Crippen LogP contribution in [0.25, 0.3) is 0 Å². The summed E-state index contributed by atoms with van der Waals surface area (Å²) < 4.78 is 0. The molecule has 0 atom stereocenters. The number of nitrogens with zero attached hydrogens (tertiary/aromatic N) is 1. The highest BCUT2D eigenvalue weighted by atomic mass is 16.8. The summed E-state index contributed by atoms with van der Waals surface area (Å²) in [7, 11) is 0. The lowest BCUT2D eigenvalue weighted by atomic mass is 9.96. The van der Waals surface area contributed by atoms with Crippen molar-refractivity contribution < 1.29 is 9.63 Å². The zero-order valence-corrected chi connectivity index (χ0v) is 6.88. The number of hydrogen-bond acceptors (Lipinski definition) is 4. The minimum Gasteiger partial charge on any atom is -0.336 e. The van der Waals surface area contributed by atoms with Crippen molar-refractivity contribution in [1.82, 2.24) is 16.1 Å². The molecule has 5 nitrogen and oxygen atoms in total. The summed E-state index contributed by atoms with van der Waals surface area (Å²) in [6.45, 7) is 0. The Bertz CT molecular complexity index is 179. The topological polar surface area (TPSA) is 53.6 Å². The summed E-state index contributed by atoms with van der Waals surface area (Å²) >= 11 is 0. The van der Waals surface area contributed by atoms with E-state index in [4.69, 9.17) is 0 Å². The molecule has 0 aromatic carbocycles.